The number of hydrogen-bond donors (Lipinski definition) is 0. The number of aryl methyl sites for hydroxylation is 3. The lowest BCUT2D eigenvalue weighted by Gasteiger charge is -2.17. The van der Waals surface area contributed by atoms with E-state index in [9.17, 15) is 4.79 Å². The lowest BCUT2D eigenvalue weighted by Crippen LogP contribution is -2.18. The highest BCUT2D eigenvalue weighted by atomic mass is 16.1. The third-order valence-corrected chi connectivity index (χ3v) is 4.17. The van der Waals surface area contributed by atoms with Crippen LogP contribution < -0.4 is 5.56 Å². The molecule has 0 spiro atoms. The standard InChI is InChI=1S/C13H13N3O.C7H6/c1-4-11-9-16(10(3)14-11)12-6-7-15(5-2)13(17)8-12;1-5-4-6-2-3-7(5)6/h1,6-9H,5H2,2-3H3;2-4H,1H3. The van der Waals surface area contributed by atoms with E-state index in [0.29, 0.717) is 12.2 Å². The van der Waals surface area contributed by atoms with Crippen molar-refractivity contribution in [3.05, 3.63) is 70.2 Å². The zero-order valence-electron chi connectivity index (χ0n) is 14.1. The highest BCUT2D eigenvalue weighted by molar-refractivity contribution is 5.80. The van der Waals surface area contributed by atoms with Crippen LogP contribution in [0.3, 0.4) is 0 Å². The average Bonchev–Trinajstić information content (AvgIpc) is 2.94. The molecule has 2 heterocycles. The number of nitrogens with zero attached hydrogens (tertiary/aromatic N) is 3. The van der Waals surface area contributed by atoms with Gasteiger partial charge in [0.2, 0.25) is 0 Å². The van der Waals surface area contributed by atoms with Crippen LogP contribution in [0, 0.1) is 26.2 Å². The topological polar surface area (TPSA) is 39.8 Å². The second-order valence-electron chi connectivity index (χ2n) is 5.73. The second kappa shape index (κ2) is 6.21. The van der Waals surface area contributed by atoms with Gasteiger partial charge < -0.3 is 9.13 Å². The van der Waals surface area contributed by atoms with Crippen molar-refractivity contribution in [3.63, 3.8) is 0 Å². The maximum Gasteiger partial charge on any atom is 0.252 e. The average molecular weight is 317 g/mol. The van der Waals surface area contributed by atoms with E-state index in [4.69, 9.17) is 6.42 Å². The molecule has 0 bridgehead atoms. The molecule has 0 unspecified atom stereocenters. The summed E-state index contributed by atoms with van der Waals surface area (Å²) in [6.45, 7) is 6.59. The Bertz CT molecular complexity index is 1000. The molecule has 0 saturated carbocycles. The summed E-state index contributed by atoms with van der Waals surface area (Å²) in [4.78, 5) is 15.9. The molecule has 24 heavy (non-hydrogen) atoms. The Morgan fingerprint density at radius 3 is 2.38 bits per heavy atom. The van der Waals surface area contributed by atoms with Gasteiger partial charge in [-0.3, -0.25) is 4.79 Å². The van der Waals surface area contributed by atoms with Crippen molar-refractivity contribution in [1.82, 2.24) is 14.1 Å². The molecule has 120 valence electrons. The minimum atomic E-state index is -0.0274. The first-order chi connectivity index (χ1) is 11.5. The summed E-state index contributed by atoms with van der Waals surface area (Å²) in [5.74, 6) is 3.25. The Kier molecular flexibility index (Phi) is 4.09. The van der Waals surface area contributed by atoms with Crippen LogP contribution in [0.1, 0.15) is 24.0 Å². The van der Waals surface area contributed by atoms with Crippen LogP contribution in [0.2, 0.25) is 0 Å². The summed E-state index contributed by atoms with van der Waals surface area (Å²) in [6.07, 6.45) is 8.81. The van der Waals surface area contributed by atoms with Crippen LogP contribution in [0.25, 0.3) is 16.8 Å². The van der Waals surface area contributed by atoms with Gasteiger partial charge in [0.05, 0.1) is 5.69 Å². The van der Waals surface area contributed by atoms with Crippen LogP contribution >= 0.6 is 0 Å². The molecule has 0 amide bonds. The lowest BCUT2D eigenvalue weighted by molar-refractivity contribution is 0.724. The summed E-state index contributed by atoms with van der Waals surface area (Å²) >= 11 is 0. The molecule has 0 radical (unpaired) electrons. The van der Waals surface area contributed by atoms with E-state index in [-0.39, 0.29) is 5.56 Å². The number of terminal acetylenes is 1. The van der Waals surface area contributed by atoms with Crippen molar-refractivity contribution in [2.24, 2.45) is 0 Å². The fourth-order valence-corrected chi connectivity index (χ4v) is 2.69. The van der Waals surface area contributed by atoms with E-state index in [1.807, 2.05) is 24.5 Å². The molecule has 0 aromatic carbocycles. The predicted molar refractivity (Wildman–Crippen MR) is 96.3 cm³/mol. The highest BCUT2D eigenvalue weighted by Crippen LogP contribution is 2.35. The SMILES string of the molecule is C#Cc1cn(-c2ccn(CC)c(=O)c2)c(C)n1.Cc1cc2ccc1-2. The molecule has 4 heteroatoms. The Morgan fingerprint density at radius 1 is 1.21 bits per heavy atom. The Hall–Kier alpha value is -3.06. The van der Waals surface area contributed by atoms with Crippen molar-refractivity contribution < 1.29 is 0 Å². The molecule has 0 atom stereocenters. The smallest absolute Gasteiger partial charge is 0.252 e. The van der Waals surface area contributed by atoms with E-state index in [1.165, 1.54) is 16.7 Å². The number of aromatic nitrogens is 3. The molecule has 4 nitrogen and oxygen atoms in total. The van der Waals surface area contributed by atoms with E-state index >= 15 is 0 Å². The molecule has 0 fully saturated rings. The number of pyridine rings is 1. The molecular weight excluding hydrogens is 298 g/mol. The monoisotopic (exact) mass is 317 g/mol. The van der Waals surface area contributed by atoms with Gasteiger partial charge in [0.15, 0.2) is 0 Å². The number of hydrogen-bond acceptors (Lipinski definition) is 2. The molecule has 2 aliphatic rings. The quantitative estimate of drug-likeness (QED) is 0.532. The lowest BCUT2D eigenvalue weighted by atomic mass is 9.88. The first kappa shape index (κ1) is 15.8. The van der Waals surface area contributed by atoms with Gasteiger partial charge in [0.25, 0.3) is 5.56 Å². The summed E-state index contributed by atoms with van der Waals surface area (Å²) in [6, 6.07) is 9.96. The molecule has 2 aromatic rings. The van der Waals surface area contributed by atoms with Crippen LogP contribution in [0.5, 0.6) is 0 Å². The van der Waals surface area contributed by atoms with Crippen molar-refractivity contribution in [2.45, 2.75) is 27.3 Å². The maximum atomic E-state index is 11.7. The molecule has 2 aliphatic carbocycles. The van der Waals surface area contributed by atoms with Crippen molar-refractivity contribution >= 4 is 0 Å². The minimum Gasteiger partial charge on any atom is -0.316 e. The Balaban J connectivity index is 0.000000198. The Labute approximate surface area is 141 Å². The third-order valence-electron chi connectivity index (χ3n) is 4.17. The Morgan fingerprint density at radius 2 is 2.00 bits per heavy atom. The molecule has 2 aromatic heterocycles. The highest BCUT2D eigenvalue weighted by Gasteiger charge is 2.11. The van der Waals surface area contributed by atoms with E-state index in [0.717, 1.165) is 11.5 Å². The van der Waals surface area contributed by atoms with Gasteiger partial charge >= 0.3 is 0 Å². The number of benzene rings is 1. The van der Waals surface area contributed by atoms with Gasteiger partial charge in [-0.05, 0) is 49.4 Å². The van der Waals surface area contributed by atoms with Gasteiger partial charge in [-0.2, -0.15) is 0 Å². The molecular formula is C20H19N3O. The molecule has 0 saturated heterocycles. The summed E-state index contributed by atoms with van der Waals surface area (Å²) in [5, 5.41) is 0. The zero-order chi connectivity index (χ0) is 17.3. The van der Waals surface area contributed by atoms with Crippen molar-refractivity contribution in [3.8, 4) is 29.2 Å². The van der Waals surface area contributed by atoms with Crippen LogP contribution in [0.15, 0.2) is 47.5 Å². The van der Waals surface area contributed by atoms with Crippen molar-refractivity contribution in [2.75, 3.05) is 0 Å². The third kappa shape index (κ3) is 2.77. The van der Waals surface area contributed by atoms with Crippen LogP contribution in [0.4, 0.5) is 0 Å². The van der Waals surface area contributed by atoms with E-state index < -0.39 is 0 Å². The normalized spacial score (nSPS) is 10.6. The van der Waals surface area contributed by atoms with Gasteiger partial charge in [-0.1, -0.05) is 18.2 Å². The zero-order valence-corrected chi connectivity index (χ0v) is 14.1. The number of rotatable bonds is 2. The minimum absolute atomic E-state index is 0.0274. The van der Waals surface area contributed by atoms with E-state index in [2.05, 4.69) is 36.0 Å². The predicted octanol–water partition coefficient (Wildman–Crippen LogP) is 3.32. The van der Waals surface area contributed by atoms with Gasteiger partial charge in [-0.25, -0.2) is 4.98 Å². The van der Waals surface area contributed by atoms with E-state index in [1.54, 1.807) is 23.0 Å². The largest absolute Gasteiger partial charge is 0.316 e. The van der Waals surface area contributed by atoms with Crippen LogP contribution in [-0.2, 0) is 6.54 Å². The fourth-order valence-electron chi connectivity index (χ4n) is 2.69. The first-order valence-corrected chi connectivity index (χ1v) is 7.88. The van der Waals surface area contributed by atoms with Crippen LogP contribution in [-0.4, -0.2) is 14.1 Å². The molecule has 4 rings (SSSR count). The maximum absolute atomic E-state index is 11.7. The molecule has 0 aliphatic heterocycles. The van der Waals surface area contributed by atoms with Gasteiger partial charge in [0.1, 0.15) is 11.5 Å². The van der Waals surface area contributed by atoms with Gasteiger partial charge in [-0.15, -0.1) is 6.42 Å². The first-order valence-electron chi connectivity index (χ1n) is 7.88. The van der Waals surface area contributed by atoms with Gasteiger partial charge in [0, 0.05) is 25.0 Å². The summed E-state index contributed by atoms with van der Waals surface area (Å²) < 4.78 is 3.45. The molecule has 0 N–H and O–H groups in total. The summed E-state index contributed by atoms with van der Waals surface area (Å²) in [5.41, 5.74) is 5.68. The number of fused-ring (bicyclic) bond motifs is 1. The number of imidazole rings is 1. The van der Waals surface area contributed by atoms with Crippen molar-refractivity contribution in [1.29, 1.82) is 0 Å². The second-order valence-corrected chi connectivity index (χ2v) is 5.73. The fraction of sp³-hybridized carbons (Fsp3) is 0.200. The summed E-state index contributed by atoms with van der Waals surface area (Å²) in [7, 11) is 0.